The minimum absolute atomic E-state index is 0.223. The molecule has 0 aliphatic rings. The molecule has 0 aromatic heterocycles. The van der Waals surface area contributed by atoms with E-state index in [9.17, 15) is 8.42 Å². The van der Waals surface area contributed by atoms with Crippen LogP contribution in [0, 0.1) is 6.92 Å². The summed E-state index contributed by atoms with van der Waals surface area (Å²) >= 11 is 0. The van der Waals surface area contributed by atoms with E-state index < -0.39 is 10.1 Å². The van der Waals surface area contributed by atoms with Crippen LogP contribution in [0.4, 0.5) is 0 Å². The Morgan fingerprint density at radius 2 is 1.81 bits per heavy atom. The van der Waals surface area contributed by atoms with Crippen molar-refractivity contribution in [1.29, 1.82) is 0 Å². The van der Waals surface area contributed by atoms with Crippen LogP contribution in [-0.2, 0) is 14.3 Å². The summed E-state index contributed by atoms with van der Waals surface area (Å²) in [4.78, 5) is 0.223. The van der Waals surface area contributed by atoms with E-state index in [1.165, 1.54) is 0 Å². The van der Waals surface area contributed by atoms with Gasteiger partial charge in [-0.05, 0) is 32.4 Å². The summed E-state index contributed by atoms with van der Waals surface area (Å²) in [6.45, 7) is 5.69. The third-order valence-corrected chi connectivity index (χ3v) is 3.73. The topological polar surface area (TPSA) is 43.4 Å². The Morgan fingerprint density at radius 3 is 2.31 bits per heavy atom. The molecule has 0 N–H and O–H groups in total. The van der Waals surface area contributed by atoms with Crippen molar-refractivity contribution in [1.82, 2.24) is 0 Å². The zero-order valence-corrected chi connectivity index (χ0v) is 10.8. The number of hydrogen-bond donors (Lipinski definition) is 0. The highest BCUT2D eigenvalue weighted by Crippen LogP contribution is 2.16. The van der Waals surface area contributed by atoms with Crippen LogP contribution in [0.2, 0.25) is 0 Å². The molecule has 0 heterocycles. The molecule has 1 aromatic carbocycles. The van der Waals surface area contributed by atoms with Gasteiger partial charge in [-0.2, -0.15) is 8.42 Å². The normalized spacial score (nSPS) is 13.7. The fourth-order valence-electron chi connectivity index (χ4n) is 1.43. The van der Waals surface area contributed by atoms with Crippen LogP contribution >= 0.6 is 0 Å². The van der Waals surface area contributed by atoms with Crippen molar-refractivity contribution >= 4 is 10.1 Å². The van der Waals surface area contributed by atoms with Crippen LogP contribution in [0.25, 0.3) is 0 Å². The summed E-state index contributed by atoms with van der Waals surface area (Å²) < 4.78 is 28.7. The van der Waals surface area contributed by atoms with E-state index in [1.54, 1.807) is 31.2 Å². The minimum Gasteiger partial charge on any atom is -0.263 e. The molecule has 0 fully saturated rings. The molecule has 0 saturated heterocycles. The molecule has 0 spiro atoms. The summed E-state index contributed by atoms with van der Waals surface area (Å²) in [5.41, 5.74) is 1.03. The van der Waals surface area contributed by atoms with Crippen LogP contribution in [0.15, 0.2) is 29.2 Å². The molecule has 90 valence electrons. The fraction of sp³-hybridized carbons (Fsp3) is 0.500. The third-order valence-electron chi connectivity index (χ3n) is 2.30. The van der Waals surface area contributed by atoms with Gasteiger partial charge in [-0.25, -0.2) is 0 Å². The van der Waals surface area contributed by atoms with Crippen LogP contribution < -0.4 is 0 Å². The van der Waals surface area contributed by atoms with E-state index in [0.29, 0.717) is 0 Å². The van der Waals surface area contributed by atoms with Crippen LogP contribution in [0.1, 0.15) is 32.3 Å². The van der Waals surface area contributed by atoms with Gasteiger partial charge in [-0.1, -0.05) is 31.0 Å². The molecule has 0 saturated carbocycles. The molecule has 0 aliphatic heterocycles. The lowest BCUT2D eigenvalue weighted by Gasteiger charge is -2.11. The number of rotatable bonds is 5. The molecule has 0 radical (unpaired) electrons. The van der Waals surface area contributed by atoms with Crippen LogP contribution in [0.5, 0.6) is 0 Å². The second kappa shape index (κ2) is 5.46. The van der Waals surface area contributed by atoms with E-state index in [-0.39, 0.29) is 11.0 Å². The van der Waals surface area contributed by atoms with Gasteiger partial charge in [-0.15, -0.1) is 0 Å². The molecule has 4 heteroatoms. The molecular weight excluding hydrogens is 224 g/mol. The highest BCUT2D eigenvalue weighted by molar-refractivity contribution is 7.86. The van der Waals surface area contributed by atoms with Gasteiger partial charge in [0.1, 0.15) is 0 Å². The van der Waals surface area contributed by atoms with Gasteiger partial charge in [0, 0.05) is 0 Å². The van der Waals surface area contributed by atoms with Crippen molar-refractivity contribution < 1.29 is 12.6 Å². The van der Waals surface area contributed by atoms with Gasteiger partial charge in [0.05, 0.1) is 11.0 Å². The van der Waals surface area contributed by atoms with Gasteiger partial charge in [0.25, 0.3) is 10.1 Å². The minimum atomic E-state index is -3.60. The molecule has 0 bridgehead atoms. The lowest BCUT2D eigenvalue weighted by atomic mass is 10.2. The summed E-state index contributed by atoms with van der Waals surface area (Å²) in [5.74, 6) is 0. The van der Waals surface area contributed by atoms with Gasteiger partial charge in [0.15, 0.2) is 0 Å². The lowest BCUT2D eigenvalue weighted by molar-refractivity contribution is 0.217. The largest absolute Gasteiger partial charge is 0.297 e. The Hall–Kier alpha value is -0.870. The lowest BCUT2D eigenvalue weighted by Crippen LogP contribution is -2.15. The summed E-state index contributed by atoms with van der Waals surface area (Å²) in [6, 6.07) is 6.67. The van der Waals surface area contributed by atoms with Gasteiger partial charge in [0.2, 0.25) is 0 Å². The maximum Gasteiger partial charge on any atom is 0.297 e. The van der Waals surface area contributed by atoms with E-state index in [1.807, 2.05) is 13.8 Å². The second-order valence-electron chi connectivity index (χ2n) is 3.96. The summed E-state index contributed by atoms with van der Waals surface area (Å²) in [6.07, 6.45) is 1.38. The van der Waals surface area contributed by atoms with Crippen molar-refractivity contribution in [2.45, 2.75) is 44.6 Å². The standard InChI is InChI=1S/C12H18O3S/c1-4-5-11(3)15-16(13,14)12-8-6-10(2)7-9-12/h6-9,11H,4-5H2,1-3H3/t11-/m1/s1. The highest BCUT2D eigenvalue weighted by Gasteiger charge is 2.18. The predicted molar refractivity (Wildman–Crippen MR) is 63.8 cm³/mol. The van der Waals surface area contributed by atoms with Crippen molar-refractivity contribution in [2.24, 2.45) is 0 Å². The van der Waals surface area contributed by atoms with Crippen molar-refractivity contribution in [3.63, 3.8) is 0 Å². The molecule has 16 heavy (non-hydrogen) atoms. The number of benzene rings is 1. The first-order chi connectivity index (χ1) is 7.45. The molecule has 0 aliphatic carbocycles. The predicted octanol–water partition coefficient (Wildman–Crippen LogP) is 2.89. The van der Waals surface area contributed by atoms with Gasteiger partial charge in [-0.3, -0.25) is 4.18 Å². The highest BCUT2D eigenvalue weighted by atomic mass is 32.2. The van der Waals surface area contributed by atoms with E-state index >= 15 is 0 Å². The van der Waals surface area contributed by atoms with E-state index in [4.69, 9.17) is 4.18 Å². The first kappa shape index (κ1) is 13.2. The van der Waals surface area contributed by atoms with Crippen molar-refractivity contribution in [2.75, 3.05) is 0 Å². The Labute approximate surface area is 97.6 Å². The fourth-order valence-corrected chi connectivity index (χ4v) is 2.54. The number of aryl methyl sites for hydroxylation is 1. The van der Waals surface area contributed by atoms with E-state index in [0.717, 1.165) is 18.4 Å². The Morgan fingerprint density at radius 1 is 1.25 bits per heavy atom. The van der Waals surface area contributed by atoms with Crippen molar-refractivity contribution in [3.8, 4) is 0 Å². The zero-order chi connectivity index (χ0) is 12.2. The van der Waals surface area contributed by atoms with Crippen LogP contribution in [-0.4, -0.2) is 14.5 Å². The average Bonchev–Trinajstić information content (AvgIpc) is 2.17. The molecule has 1 rings (SSSR count). The SMILES string of the molecule is CCC[C@@H](C)OS(=O)(=O)c1ccc(C)cc1. The van der Waals surface area contributed by atoms with Crippen LogP contribution in [0.3, 0.4) is 0 Å². The molecule has 1 atom stereocenters. The number of hydrogen-bond acceptors (Lipinski definition) is 3. The first-order valence-electron chi connectivity index (χ1n) is 5.45. The summed E-state index contributed by atoms with van der Waals surface area (Å²) in [7, 11) is -3.60. The Kier molecular flexibility index (Phi) is 4.50. The Bertz CT molecular complexity index is 420. The smallest absolute Gasteiger partial charge is 0.263 e. The third kappa shape index (κ3) is 3.61. The Balaban J connectivity index is 2.82. The molecule has 0 amide bonds. The molecule has 1 aromatic rings. The molecular formula is C12H18O3S. The molecule has 0 unspecified atom stereocenters. The zero-order valence-electron chi connectivity index (χ0n) is 9.93. The second-order valence-corrected chi connectivity index (χ2v) is 5.53. The first-order valence-corrected chi connectivity index (χ1v) is 6.86. The van der Waals surface area contributed by atoms with Gasteiger partial charge >= 0.3 is 0 Å². The average molecular weight is 242 g/mol. The maximum absolute atomic E-state index is 11.8. The molecule has 3 nitrogen and oxygen atoms in total. The monoisotopic (exact) mass is 242 g/mol. The summed E-state index contributed by atoms with van der Waals surface area (Å²) in [5, 5.41) is 0. The quantitative estimate of drug-likeness (QED) is 0.746. The van der Waals surface area contributed by atoms with Gasteiger partial charge < -0.3 is 0 Å². The van der Waals surface area contributed by atoms with E-state index in [2.05, 4.69) is 0 Å². The van der Waals surface area contributed by atoms with Crippen molar-refractivity contribution in [3.05, 3.63) is 29.8 Å². The maximum atomic E-state index is 11.8.